The van der Waals surface area contributed by atoms with Crippen LogP contribution in [0, 0.1) is 38.2 Å². The normalized spacial score (nSPS) is 12.7. The van der Waals surface area contributed by atoms with E-state index in [1.807, 2.05) is 118 Å². The van der Waals surface area contributed by atoms with E-state index >= 15 is 0 Å². The number of phenols is 1. The van der Waals surface area contributed by atoms with Gasteiger partial charge >= 0.3 is 17.9 Å². The molecule has 13 rings (SSSR count). The van der Waals surface area contributed by atoms with Crippen molar-refractivity contribution in [1.82, 2.24) is 79.1 Å². The van der Waals surface area contributed by atoms with E-state index in [1.165, 1.54) is 36.1 Å². The Labute approximate surface area is 865 Å². The van der Waals surface area contributed by atoms with E-state index in [2.05, 4.69) is 92.0 Å². The average Bonchev–Trinajstić information content (AvgIpc) is 1.62. The number of hydrogen-bond donors (Lipinski definition) is 7. The topological polar surface area (TPSA) is 422 Å². The van der Waals surface area contributed by atoms with Crippen LogP contribution in [0.5, 0.6) is 23.0 Å². The molecule has 0 aliphatic carbocycles. The SMILES string of the molecule is CCCCN(CCCC)C(=O)c1cc(C)[nH]n1.CCCCN(CCCC)C(=O)c1cc(C)n(-c2cc(O)ccc2C(=O)N2Cc3ccccc3C[C@H]2CO)n1.CCCCN(CCCC)C(=O)c1cc(C)n(-c2cc(OC)ccc2C(=O)N2Cc3ccccc3C[C@H]2CO)n1.CCCCN(CCCC)C(=O)c1cc(C)n(-c2cc(OC)ccc2C(=O)O)n1.CCOC(=O)c1cc(C)[nH]n1.COc1ccc(C(=O)O)c(I)c1. The predicted molar refractivity (Wildman–Crippen MR) is 567 cm³/mol. The molecule has 0 bridgehead atoms. The molecule has 0 fully saturated rings. The summed E-state index contributed by atoms with van der Waals surface area (Å²) in [6.45, 7) is 34.6. The van der Waals surface area contributed by atoms with Crippen molar-refractivity contribution in [1.29, 1.82) is 0 Å². The smallest absolute Gasteiger partial charge is 0.358 e. The first-order chi connectivity index (χ1) is 69.8. The van der Waals surface area contributed by atoms with Gasteiger partial charge in [-0.25, -0.2) is 28.4 Å². The third-order valence-electron chi connectivity index (χ3n) is 24.7. The van der Waals surface area contributed by atoms with Crippen molar-refractivity contribution in [3.63, 3.8) is 0 Å². The van der Waals surface area contributed by atoms with E-state index in [0.29, 0.717) is 166 Å². The molecule has 11 aromatic rings. The highest BCUT2D eigenvalue weighted by molar-refractivity contribution is 14.1. The van der Waals surface area contributed by atoms with E-state index in [4.69, 9.17) is 29.2 Å². The number of aromatic nitrogens is 10. The average molecular weight is 2110 g/mol. The van der Waals surface area contributed by atoms with Crippen molar-refractivity contribution < 1.29 is 87.6 Å². The fraction of sp³-hybridized carbons (Fsp3) is 0.455. The number of hydrogen-bond acceptors (Lipinski definition) is 21. The summed E-state index contributed by atoms with van der Waals surface area (Å²) >= 11 is 1.96. The fourth-order valence-electron chi connectivity index (χ4n) is 16.4. The van der Waals surface area contributed by atoms with Crippen LogP contribution in [0.25, 0.3) is 17.1 Å². The number of carbonyl (C=O) groups excluding carboxylic acids is 7. The van der Waals surface area contributed by atoms with E-state index in [-0.39, 0.29) is 78.0 Å². The van der Waals surface area contributed by atoms with Gasteiger partial charge < -0.3 is 73.9 Å². The zero-order valence-corrected chi connectivity index (χ0v) is 89.3. The molecule has 7 heterocycles. The molecule has 2 atom stereocenters. The second-order valence-corrected chi connectivity index (χ2v) is 36.9. The van der Waals surface area contributed by atoms with Crippen LogP contribution < -0.4 is 14.2 Å². The molecule has 0 radical (unpaired) electrons. The first-order valence-electron chi connectivity index (χ1n) is 50.3. The van der Waals surface area contributed by atoms with E-state index in [9.17, 15) is 63.6 Å². The molecule has 0 unspecified atom stereocenters. The summed E-state index contributed by atoms with van der Waals surface area (Å²) < 4.78 is 25.8. The van der Waals surface area contributed by atoms with Crippen molar-refractivity contribution in [2.24, 2.45) is 0 Å². The second-order valence-electron chi connectivity index (χ2n) is 35.7. The van der Waals surface area contributed by atoms with Gasteiger partial charge in [0.15, 0.2) is 22.8 Å². The molecule has 5 aromatic heterocycles. The van der Waals surface area contributed by atoms with Crippen LogP contribution in [0.15, 0.2) is 152 Å². The minimum atomic E-state index is -1.06. The van der Waals surface area contributed by atoms with Crippen molar-refractivity contribution in [2.75, 3.05) is 93.5 Å². The second kappa shape index (κ2) is 59.6. The minimum absolute atomic E-state index is 0.00505. The van der Waals surface area contributed by atoms with Crippen LogP contribution in [0.2, 0.25) is 0 Å². The number of halogens is 1. The predicted octanol–water partition coefficient (Wildman–Crippen LogP) is 18.9. The number of carboxylic acid groups (broad SMARTS) is 2. The van der Waals surface area contributed by atoms with Gasteiger partial charge in [-0.05, 0) is 236 Å². The van der Waals surface area contributed by atoms with Crippen molar-refractivity contribution >= 4 is 75.9 Å². The lowest BCUT2D eigenvalue weighted by Gasteiger charge is -2.36. The fourth-order valence-corrected chi connectivity index (χ4v) is 17.1. The zero-order chi connectivity index (χ0) is 106. The highest BCUT2D eigenvalue weighted by atomic mass is 127. The quantitative estimate of drug-likeness (QED) is 0.0138. The number of carboxylic acids is 2. The maximum absolute atomic E-state index is 14.0. The molecule has 7 N–H and O–H groups in total. The first kappa shape index (κ1) is 117. The molecule has 145 heavy (non-hydrogen) atoms. The van der Waals surface area contributed by atoms with E-state index < -0.39 is 11.9 Å². The van der Waals surface area contributed by atoms with Gasteiger partial charge in [0.1, 0.15) is 28.7 Å². The molecular formula is C110H147IN16O18. The number of amides is 6. The minimum Gasteiger partial charge on any atom is -0.508 e. The molecule has 0 saturated carbocycles. The van der Waals surface area contributed by atoms with Crippen LogP contribution in [-0.2, 0) is 30.7 Å². The van der Waals surface area contributed by atoms with Crippen molar-refractivity contribution in [3.8, 4) is 40.1 Å². The summed E-state index contributed by atoms with van der Waals surface area (Å²) in [5, 5.41) is 75.8. The Bertz CT molecular complexity index is 6030. The maximum Gasteiger partial charge on any atom is 0.358 e. The monoisotopic (exact) mass is 2110 g/mol. The van der Waals surface area contributed by atoms with Gasteiger partial charge in [0.2, 0.25) is 0 Å². The first-order valence-corrected chi connectivity index (χ1v) is 51.4. The number of benzene rings is 6. The number of aliphatic hydroxyl groups excluding tert-OH is 2. The number of fused-ring (bicyclic) bond motifs is 2. The number of esters is 1. The standard InChI is InChI=1S/C31H40N4O4.C30H38N4O4.C21H29N3O4.C13H23N3O.C8H7IO3.C7H10N2O2/c1-5-7-15-33(16-8-6-2)31(38)28-17-22(3)35(32-28)29-19-26(39-4)13-14-27(29)30(37)34-20-24-12-10-9-11-23(24)18-25(34)21-36;1-4-6-14-32(15-7-5-2)30(38)27-16-21(3)34(31-27)28-18-25(36)12-13-26(28)29(37)33-19-23-11-9-8-10-22(23)17-24(33)20-35;1-5-7-11-23(12-8-6-2)20(25)18-13-15(3)24(22-18)19-14-16(28-4)9-10-17(19)21(26)27;1-4-6-8-16(9-7-5-2)13(17)12-10-11(3)14-15-12;1-12-5-2-3-6(8(10)11)7(9)4-5;1-3-11-7(10)6-4-5(2)8-9-6/h9-14,17,19,25,36H,5-8,15-16,18,20-21H2,1-4H3;8-13,16,18,24,35-36H,4-7,14-15,17,19-20H2,1-3H3;9-10,13-14H,5-8,11-12H2,1-4H3,(H,26,27);10H,4-9H2,1-3H3,(H,14,15);2-4H,1H3,(H,10,11);4H,3H2,1-2H3,(H,8,9)/t25-;24-;;;;/m00..../s1. The number of nitrogens with one attached hydrogen (secondary N) is 2. The number of aryl methyl sites for hydroxylation is 5. The Morgan fingerprint density at radius 1 is 0.379 bits per heavy atom. The maximum atomic E-state index is 14.0. The largest absolute Gasteiger partial charge is 0.508 e. The molecule has 782 valence electrons. The number of phenolic OH excluding ortho intramolecular Hbond substituents is 1. The number of nitrogens with zero attached hydrogens (tertiary/aromatic N) is 14. The number of ether oxygens (including phenoxy) is 4. The van der Waals surface area contributed by atoms with Crippen LogP contribution in [-0.4, -0.2) is 264 Å². The van der Waals surface area contributed by atoms with Gasteiger partial charge in [0.05, 0.1) is 92.5 Å². The summed E-state index contributed by atoms with van der Waals surface area (Å²) in [4.78, 5) is 124. The van der Waals surface area contributed by atoms with Crippen LogP contribution in [0.3, 0.4) is 0 Å². The summed E-state index contributed by atoms with van der Waals surface area (Å²) in [6, 6.07) is 43.3. The van der Waals surface area contributed by atoms with Crippen molar-refractivity contribution in [2.45, 2.75) is 238 Å². The van der Waals surface area contributed by atoms with E-state index in [1.54, 1.807) is 120 Å². The number of H-pyrrole nitrogens is 2. The summed E-state index contributed by atoms with van der Waals surface area (Å²) in [5.74, 6) is -1.34. The number of unbranched alkanes of at least 4 members (excludes halogenated alkanes) is 8. The Morgan fingerprint density at radius 3 is 0.993 bits per heavy atom. The van der Waals surface area contributed by atoms with Crippen LogP contribution in [0.4, 0.5) is 0 Å². The molecule has 6 amide bonds. The zero-order valence-electron chi connectivity index (χ0n) is 87.2. The summed E-state index contributed by atoms with van der Waals surface area (Å²) in [5.41, 5.74) is 12.7. The number of rotatable bonds is 42. The number of aromatic carboxylic acids is 2. The number of methoxy groups -OCH3 is 3. The van der Waals surface area contributed by atoms with Crippen molar-refractivity contribution in [3.05, 3.63) is 257 Å². The Hall–Kier alpha value is -13.6. The molecule has 0 saturated heterocycles. The van der Waals surface area contributed by atoms with Gasteiger partial charge in [-0.1, -0.05) is 155 Å². The van der Waals surface area contributed by atoms with Gasteiger partial charge in [-0.3, -0.25) is 39.0 Å². The highest BCUT2D eigenvalue weighted by Crippen LogP contribution is 2.34. The molecule has 34 nitrogen and oxygen atoms in total. The number of aromatic hydroxyl groups is 1. The van der Waals surface area contributed by atoms with Gasteiger partial charge in [-0.2, -0.15) is 25.5 Å². The molecule has 35 heteroatoms. The number of aromatic amines is 2. The molecule has 2 aliphatic heterocycles. The van der Waals surface area contributed by atoms with Gasteiger partial charge in [-0.15, -0.1) is 0 Å². The Kier molecular flexibility index (Phi) is 48.0. The van der Waals surface area contributed by atoms with E-state index in [0.717, 1.165) is 155 Å². The van der Waals surface area contributed by atoms with Gasteiger partial charge in [0.25, 0.3) is 35.4 Å². The number of aliphatic hydroxyl groups is 2. The molecular weight excluding hydrogens is 1960 g/mol. The third-order valence-corrected chi connectivity index (χ3v) is 25.6. The van der Waals surface area contributed by atoms with Crippen LogP contribution in [0.1, 0.15) is 310 Å². The Balaban J connectivity index is 0.000000225. The Morgan fingerprint density at radius 2 is 0.683 bits per heavy atom. The summed E-state index contributed by atoms with van der Waals surface area (Å²) in [7, 11) is 4.64. The molecule has 6 aromatic carbocycles. The molecule has 0 spiro atoms. The molecule has 2 aliphatic rings. The lowest BCUT2D eigenvalue weighted by Crippen LogP contribution is -2.46. The lowest BCUT2D eigenvalue weighted by atomic mass is 9.93. The summed E-state index contributed by atoms with van der Waals surface area (Å²) in [6.07, 6.45) is 17.1. The third kappa shape index (κ3) is 33.0. The number of carbonyl (C=O) groups is 9. The van der Waals surface area contributed by atoms with Crippen LogP contribution >= 0.6 is 22.6 Å². The highest BCUT2D eigenvalue weighted by Gasteiger charge is 2.36. The van der Waals surface area contributed by atoms with Gasteiger partial charge in [0, 0.05) is 116 Å². The lowest BCUT2D eigenvalue weighted by molar-refractivity contribution is 0.0515.